The van der Waals surface area contributed by atoms with Crippen LogP contribution < -0.4 is 0 Å². The average molecular weight is 665 g/mol. The molecule has 3 aliphatic rings. The molecule has 1 N–H and O–H groups in total. The van der Waals surface area contributed by atoms with Gasteiger partial charge in [-0.05, 0) is 46.1 Å². The summed E-state index contributed by atoms with van der Waals surface area (Å²) in [5, 5.41) is 12.6. The summed E-state index contributed by atoms with van der Waals surface area (Å²) in [5.41, 5.74) is -7.10. The van der Waals surface area contributed by atoms with Gasteiger partial charge >= 0.3 is 29.8 Å². The minimum atomic E-state index is -2.02. The fraction of sp³-hybridized carbons (Fsp3) is 0.735. The highest BCUT2D eigenvalue weighted by Crippen LogP contribution is 2.69. The van der Waals surface area contributed by atoms with Crippen molar-refractivity contribution in [3.05, 3.63) is 24.2 Å². The Morgan fingerprint density at radius 2 is 1.53 bits per heavy atom. The predicted octanol–water partition coefficient (Wildman–Crippen LogP) is 3.92. The van der Waals surface area contributed by atoms with Crippen molar-refractivity contribution in [1.82, 2.24) is 0 Å². The Hall–Kier alpha value is -3.45. The zero-order valence-electron chi connectivity index (χ0n) is 28.7. The van der Waals surface area contributed by atoms with Crippen LogP contribution in [-0.2, 0) is 47.6 Å². The zero-order chi connectivity index (χ0) is 35.1. The molecule has 2 heterocycles. The first-order valence-electron chi connectivity index (χ1n) is 16.3. The Morgan fingerprint density at radius 3 is 2.09 bits per heavy atom. The van der Waals surface area contributed by atoms with Crippen LogP contribution in [0.4, 0.5) is 0 Å². The van der Waals surface area contributed by atoms with E-state index in [1.807, 2.05) is 13.8 Å². The first kappa shape index (κ1) is 36.4. The molecule has 4 rings (SSSR count). The van der Waals surface area contributed by atoms with Crippen molar-refractivity contribution >= 4 is 29.8 Å². The number of hydrogen-bond donors (Lipinski definition) is 1. The van der Waals surface area contributed by atoms with Crippen LogP contribution in [0.5, 0.6) is 0 Å². The minimum Gasteiger partial charge on any atom is -0.472 e. The summed E-state index contributed by atoms with van der Waals surface area (Å²) in [6.45, 7) is 13.7. The van der Waals surface area contributed by atoms with Crippen LogP contribution in [-0.4, -0.2) is 82.8 Å². The number of esters is 5. The van der Waals surface area contributed by atoms with Crippen molar-refractivity contribution in [2.45, 2.75) is 129 Å². The molecule has 3 fully saturated rings. The van der Waals surface area contributed by atoms with Crippen LogP contribution in [0.2, 0.25) is 0 Å². The van der Waals surface area contributed by atoms with Gasteiger partial charge in [-0.2, -0.15) is 0 Å². The van der Waals surface area contributed by atoms with E-state index in [2.05, 4.69) is 0 Å². The summed E-state index contributed by atoms with van der Waals surface area (Å²) in [6.07, 6.45) is -2.36. The smallest absolute Gasteiger partial charge is 0.341 e. The fourth-order valence-corrected chi connectivity index (χ4v) is 7.70. The standard InChI is InChI=1S/C34H48O13/c1-10-18(3)28(37)42-17-33-25(45-29(38)19(4)11-2)14-23-26(44-21(6)36)34(33,47-31(23,7)8)32(9,40)15-24(43-20(5)35)27(33)46-30(39)22-12-13-41-16-22/h12-13,16,18-19,23-27,40H,10-11,14-15,17H2,1-9H3/t18-,19-,23-,24+,25-,26-,27+,32+,33-,34+/m1/s1. The second kappa shape index (κ2) is 13.2. The molecule has 262 valence electrons. The number of ether oxygens (including phenoxy) is 6. The van der Waals surface area contributed by atoms with Gasteiger partial charge in [0.15, 0.2) is 11.7 Å². The first-order chi connectivity index (χ1) is 21.9. The van der Waals surface area contributed by atoms with Gasteiger partial charge in [-0.3, -0.25) is 19.2 Å². The highest BCUT2D eigenvalue weighted by molar-refractivity contribution is 5.89. The number of rotatable bonds is 11. The third kappa shape index (κ3) is 6.16. The van der Waals surface area contributed by atoms with Gasteiger partial charge in [0.1, 0.15) is 36.6 Å². The lowest BCUT2D eigenvalue weighted by molar-refractivity contribution is -0.355. The summed E-state index contributed by atoms with van der Waals surface area (Å²) in [7, 11) is 0. The Kier molecular flexibility index (Phi) is 10.2. The quantitative estimate of drug-likeness (QED) is 0.267. The molecule has 2 aliphatic carbocycles. The Labute approximate surface area is 274 Å². The van der Waals surface area contributed by atoms with Crippen molar-refractivity contribution in [2.24, 2.45) is 23.2 Å². The molecular formula is C34H48O13. The molecule has 0 amide bonds. The van der Waals surface area contributed by atoms with E-state index in [1.54, 1.807) is 27.7 Å². The van der Waals surface area contributed by atoms with E-state index in [9.17, 15) is 29.1 Å². The van der Waals surface area contributed by atoms with E-state index in [0.29, 0.717) is 12.8 Å². The van der Waals surface area contributed by atoms with Crippen molar-refractivity contribution in [1.29, 1.82) is 0 Å². The van der Waals surface area contributed by atoms with Gasteiger partial charge in [0.2, 0.25) is 0 Å². The second-order valence-corrected chi connectivity index (χ2v) is 14.0. The number of carbonyl (C=O) groups is 5. The normalized spacial score (nSPS) is 35.1. The summed E-state index contributed by atoms with van der Waals surface area (Å²) in [5.74, 6) is -5.25. The Bertz CT molecular complexity index is 1350. The summed E-state index contributed by atoms with van der Waals surface area (Å²) in [6, 6.07) is 1.38. The third-order valence-electron chi connectivity index (χ3n) is 10.4. The van der Waals surface area contributed by atoms with Gasteiger partial charge in [-0.1, -0.05) is 27.7 Å². The molecule has 2 saturated carbocycles. The van der Waals surface area contributed by atoms with Crippen molar-refractivity contribution in [2.75, 3.05) is 6.61 Å². The zero-order valence-corrected chi connectivity index (χ0v) is 28.7. The molecule has 1 saturated heterocycles. The first-order valence-corrected chi connectivity index (χ1v) is 16.3. The summed E-state index contributed by atoms with van der Waals surface area (Å²) >= 11 is 0. The van der Waals surface area contributed by atoms with Crippen molar-refractivity contribution in [3.63, 3.8) is 0 Å². The molecule has 13 nitrogen and oxygen atoms in total. The molecule has 2 bridgehead atoms. The molecule has 1 aromatic heterocycles. The number of carbonyl (C=O) groups excluding carboxylic acids is 5. The van der Waals surface area contributed by atoms with Crippen LogP contribution in [0.3, 0.4) is 0 Å². The molecule has 1 aromatic rings. The molecule has 1 spiro atoms. The van der Waals surface area contributed by atoms with Gasteiger partial charge < -0.3 is 37.9 Å². The van der Waals surface area contributed by atoms with Crippen LogP contribution in [0.1, 0.15) is 98.4 Å². The van der Waals surface area contributed by atoms with Gasteiger partial charge in [0.25, 0.3) is 0 Å². The maximum absolute atomic E-state index is 13.7. The maximum Gasteiger partial charge on any atom is 0.341 e. The molecule has 47 heavy (non-hydrogen) atoms. The minimum absolute atomic E-state index is 0.00160. The molecule has 0 aromatic carbocycles. The van der Waals surface area contributed by atoms with E-state index in [1.165, 1.54) is 32.4 Å². The van der Waals surface area contributed by atoms with E-state index in [4.69, 9.17) is 32.8 Å². The fourth-order valence-electron chi connectivity index (χ4n) is 7.70. The van der Waals surface area contributed by atoms with Gasteiger partial charge in [0.05, 0.1) is 34.9 Å². The van der Waals surface area contributed by atoms with E-state index < -0.39 is 101 Å². The molecule has 0 radical (unpaired) electrons. The van der Waals surface area contributed by atoms with Gasteiger partial charge in [-0.25, -0.2) is 4.79 Å². The van der Waals surface area contributed by atoms with E-state index in [-0.39, 0.29) is 18.4 Å². The topological polar surface area (TPSA) is 174 Å². The molecule has 1 aliphatic heterocycles. The number of fused-ring (bicyclic) bond motifs is 1. The van der Waals surface area contributed by atoms with Gasteiger partial charge in [0, 0.05) is 26.2 Å². The maximum atomic E-state index is 13.7. The largest absolute Gasteiger partial charge is 0.472 e. The Balaban J connectivity index is 2.08. The molecule has 10 atom stereocenters. The van der Waals surface area contributed by atoms with E-state index >= 15 is 0 Å². The Morgan fingerprint density at radius 1 is 0.915 bits per heavy atom. The van der Waals surface area contributed by atoms with E-state index in [0.717, 1.165) is 6.92 Å². The predicted molar refractivity (Wildman–Crippen MR) is 162 cm³/mol. The lowest BCUT2D eigenvalue weighted by Crippen LogP contribution is -2.83. The van der Waals surface area contributed by atoms with Crippen LogP contribution in [0, 0.1) is 23.2 Å². The van der Waals surface area contributed by atoms with Crippen molar-refractivity contribution < 1.29 is 61.9 Å². The summed E-state index contributed by atoms with van der Waals surface area (Å²) < 4.78 is 42.3. The van der Waals surface area contributed by atoms with Crippen LogP contribution in [0.15, 0.2) is 23.0 Å². The van der Waals surface area contributed by atoms with Crippen molar-refractivity contribution in [3.8, 4) is 0 Å². The number of aliphatic hydroxyl groups is 1. The highest BCUT2D eigenvalue weighted by atomic mass is 16.6. The number of furan rings is 1. The van der Waals surface area contributed by atoms with Gasteiger partial charge in [-0.15, -0.1) is 0 Å². The second-order valence-electron chi connectivity index (χ2n) is 14.0. The highest BCUT2D eigenvalue weighted by Gasteiger charge is 2.86. The third-order valence-corrected chi connectivity index (χ3v) is 10.4. The molecule has 13 heteroatoms. The monoisotopic (exact) mass is 664 g/mol. The summed E-state index contributed by atoms with van der Waals surface area (Å²) in [4.78, 5) is 66.0. The molecular weight excluding hydrogens is 616 g/mol. The molecule has 0 unspecified atom stereocenters. The SMILES string of the molecule is CC[C@@H](C)C(=O)OC[C@]12[C@H](OC(=O)[C@H](C)CC)C[C@@H]3[C@@H](OC(C)=O)[C@]1(OC3(C)C)[C@@](C)(O)C[C@H](OC(C)=O)[C@@H]2OC(=O)c1ccoc1. The lowest BCUT2D eigenvalue weighted by Gasteiger charge is -2.65. The van der Waals surface area contributed by atoms with Crippen LogP contribution >= 0.6 is 0 Å². The average Bonchev–Trinajstić information content (AvgIpc) is 3.58. The van der Waals surface area contributed by atoms with Crippen LogP contribution in [0.25, 0.3) is 0 Å². The lowest BCUT2D eigenvalue weighted by atomic mass is 9.46. The number of hydrogen-bond acceptors (Lipinski definition) is 13.